The van der Waals surface area contributed by atoms with E-state index >= 15 is 0 Å². The van der Waals surface area contributed by atoms with Gasteiger partial charge in [0.1, 0.15) is 11.6 Å². The first kappa shape index (κ1) is 11.6. The van der Waals surface area contributed by atoms with Crippen LogP contribution >= 0.6 is 0 Å². The number of hydrogen-bond acceptors (Lipinski definition) is 2. The molecule has 3 nitrogen and oxygen atoms in total. The number of rotatable bonds is 4. The molecule has 1 N–H and O–H groups in total. The summed E-state index contributed by atoms with van der Waals surface area (Å²) in [5.41, 5.74) is 0.280. The number of imidazole rings is 1. The molecule has 0 amide bonds. The summed E-state index contributed by atoms with van der Waals surface area (Å²) in [7, 11) is 0. The van der Waals surface area contributed by atoms with Crippen molar-refractivity contribution in [2.45, 2.75) is 13.3 Å². The molecule has 0 fully saturated rings. The molecule has 0 unspecified atom stereocenters. The minimum atomic E-state index is -0.609. The lowest BCUT2D eigenvalue weighted by Crippen LogP contribution is -2.07. The van der Waals surface area contributed by atoms with Crippen LogP contribution in [0.4, 0.5) is 14.7 Å². The van der Waals surface area contributed by atoms with Crippen LogP contribution in [0.5, 0.6) is 0 Å². The number of aromatic nitrogens is 2. The molecule has 0 atom stereocenters. The van der Waals surface area contributed by atoms with E-state index in [4.69, 9.17) is 0 Å². The molecular weight excluding hydrogens is 224 g/mol. The molecule has 0 aliphatic carbocycles. The van der Waals surface area contributed by atoms with Crippen LogP contribution in [0.2, 0.25) is 0 Å². The maximum Gasteiger partial charge on any atom is 0.207 e. The van der Waals surface area contributed by atoms with Crippen molar-refractivity contribution in [3.05, 3.63) is 42.2 Å². The zero-order chi connectivity index (χ0) is 12.3. The van der Waals surface area contributed by atoms with Crippen molar-refractivity contribution in [2.75, 3.05) is 11.9 Å². The molecule has 2 aromatic rings. The highest BCUT2D eigenvalue weighted by Gasteiger charge is 2.09. The minimum absolute atomic E-state index is 0.280. The van der Waals surface area contributed by atoms with Gasteiger partial charge in [0, 0.05) is 25.0 Å². The highest BCUT2D eigenvalue weighted by atomic mass is 19.1. The Hall–Kier alpha value is -1.91. The summed E-state index contributed by atoms with van der Waals surface area (Å²) in [5.74, 6) is -0.644. The van der Waals surface area contributed by atoms with Gasteiger partial charge in [-0.25, -0.2) is 13.8 Å². The van der Waals surface area contributed by atoms with Gasteiger partial charge in [0.2, 0.25) is 5.95 Å². The van der Waals surface area contributed by atoms with E-state index in [0.29, 0.717) is 5.95 Å². The van der Waals surface area contributed by atoms with E-state index in [1.54, 1.807) is 17.0 Å². The van der Waals surface area contributed by atoms with E-state index in [1.165, 1.54) is 12.1 Å². The van der Waals surface area contributed by atoms with E-state index in [0.717, 1.165) is 19.0 Å². The Morgan fingerprint density at radius 1 is 1.35 bits per heavy atom. The van der Waals surface area contributed by atoms with Crippen molar-refractivity contribution in [3.63, 3.8) is 0 Å². The molecule has 2 rings (SSSR count). The van der Waals surface area contributed by atoms with Gasteiger partial charge in [-0.3, -0.25) is 4.57 Å². The average molecular weight is 237 g/mol. The van der Waals surface area contributed by atoms with Gasteiger partial charge in [0.25, 0.3) is 0 Å². The van der Waals surface area contributed by atoms with Gasteiger partial charge in [-0.15, -0.1) is 0 Å². The van der Waals surface area contributed by atoms with E-state index in [1.807, 2.05) is 6.92 Å². The first-order valence-electron chi connectivity index (χ1n) is 5.45. The van der Waals surface area contributed by atoms with Gasteiger partial charge < -0.3 is 5.32 Å². The number of benzene rings is 1. The molecule has 0 aliphatic rings. The number of hydrogen-bond donors (Lipinski definition) is 1. The van der Waals surface area contributed by atoms with Crippen molar-refractivity contribution < 1.29 is 8.78 Å². The van der Waals surface area contributed by atoms with Gasteiger partial charge >= 0.3 is 0 Å². The van der Waals surface area contributed by atoms with Crippen molar-refractivity contribution in [3.8, 4) is 5.69 Å². The van der Waals surface area contributed by atoms with E-state index in [-0.39, 0.29) is 5.69 Å². The third kappa shape index (κ3) is 2.43. The molecule has 5 heteroatoms. The van der Waals surface area contributed by atoms with Crippen molar-refractivity contribution >= 4 is 5.95 Å². The van der Waals surface area contributed by atoms with Gasteiger partial charge in [0.05, 0.1) is 5.69 Å². The SMILES string of the molecule is CCCNc1nccn1-c1ccc(F)cc1F. The smallest absolute Gasteiger partial charge is 0.207 e. The third-order valence-electron chi connectivity index (χ3n) is 2.34. The van der Waals surface area contributed by atoms with Crippen molar-refractivity contribution in [1.29, 1.82) is 0 Å². The van der Waals surface area contributed by atoms with Gasteiger partial charge in [-0.05, 0) is 18.6 Å². The fraction of sp³-hybridized carbons (Fsp3) is 0.250. The molecule has 90 valence electrons. The summed E-state index contributed by atoms with van der Waals surface area (Å²) in [6.45, 7) is 2.78. The monoisotopic (exact) mass is 237 g/mol. The predicted octanol–water partition coefficient (Wildman–Crippen LogP) is 2.97. The first-order valence-corrected chi connectivity index (χ1v) is 5.45. The summed E-state index contributed by atoms with van der Waals surface area (Å²) in [4.78, 5) is 4.09. The average Bonchev–Trinajstić information content (AvgIpc) is 2.74. The van der Waals surface area contributed by atoms with Crippen LogP contribution in [0.1, 0.15) is 13.3 Å². The number of nitrogens with one attached hydrogen (secondary N) is 1. The molecule has 1 heterocycles. The standard InChI is InChI=1S/C12H13F2N3/c1-2-5-15-12-16-6-7-17(12)11-4-3-9(13)8-10(11)14/h3-4,6-8H,2,5H2,1H3,(H,15,16). The quantitative estimate of drug-likeness (QED) is 0.886. The summed E-state index contributed by atoms with van der Waals surface area (Å²) in [6, 6.07) is 3.48. The molecular formula is C12H13F2N3. The largest absolute Gasteiger partial charge is 0.355 e. The Bertz CT molecular complexity index is 508. The Morgan fingerprint density at radius 2 is 2.18 bits per heavy atom. The summed E-state index contributed by atoms with van der Waals surface area (Å²) >= 11 is 0. The van der Waals surface area contributed by atoms with Crippen LogP contribution in [-0.2, 0) is 0 Å². The zero-order valence-corrected chi connectivity index (χ0v) is 9.45. The van der Waals surface area contributed by atoms with Crippen molar-refractivity contribution in [1.82, 2.24) is 9.55 Å². The molecule has 0 saturated carbocycles. The summed E-state index contributed by atoms with van der Waals surface area (Å²) in [6.07, 6.45) is 4.15. The normalized spacial score (nSPS) is 10.5. The topological polar surface area (TPSA) is 29.9 Å². The summed E-state index contributed by atoms with van der Waals surface area (Å²) in [5, 5.41) is 3.07. The van der Waals surface area contributed by atoms with Gasteiger partial charge in [-0.2, -0.15) is 0 Å². The van der Waals surface area contributed by atoms with E-state index in [9.17, 15) is 8.78 Å². The zero-order valence-electron chi connectivity index (χ0n) is 9.45. The highest BCUT2D eigenvalue weighted by molar-refractivity contribution is 5.42. The lowest BCUT2D eigenvalue weighted by Gasteiger charge is -2.09. The minimum Gasteiger partial charge on any atom is -0.355 e. The van der Waals surface area contributed by atoms with Crippen LogP contribution in [0.15, 0.2) is 30.6 Å². The maximum absolute atomic E-state index is 13.6. The highest BCUT2D eigenvalue weighted by Crippen LogP contribution is 2.18. The molecule has 1 aromatic heterocycles. The summed E-state index contributed by atoms with van der Waals surface area (Å²) < 4.78 is 28.0. The second-order valence-corrected chi connectivity index (χ2v) is 3.64. The number of nitrogens with zero attached hydrogens (tertiary/aromatic N) is 2. The number of halogens is 2. The lowest BCUT2D eigenvalue weighted by atomic mass is 10.3. The molecule has 0 saturated heterocycles. The third-order valence-corrected chi connectivity index (χ3v) is 2.34. The molecule has 0 radical (unpaired) electrons. The molecule has 0 spiro atoms. The van der Waals surface area contributed by atoms with E-state index in [2.05, 4.69) is 10.3 Å². The van der Waals surface area contributed by atoms with Crippen LogP contribution in [-0.4, -0.2) is 16.1 Å². The van der Waals surface area contributed by atoms with Gasteiger partial charge in [-0.1, -0.05) is 6.92 Å². The fourth-order valence-electron chi connectivity index (χ4n) is 1.54. The van der Waals surface area contributed by atoms with Crippen LogP contribution < -0.4 is 5.32 Å². The Labute approximate surface area is 98.1 Å². The molecule has 17 heavy (non-hydrogen) atoms. The lowest BCUT2D eigenvalue weighted by molar-refractivity contribution is 0.578. The molecule has 1 aromatic carbocycles. The first-order chi connectivity index (χ1) is 8.22. The van der Waals surface area contributed by atoms with Gasteiger partial charge in [0.15, 0.2) is 0 Å². The Kier molecular flexibility index (Phi) is 3.37. The molecule has 0 aliphatic heterocycles. The van der Waals surface area contributed by atoms with Crippen molar-refractivity contribution in [2.24, 2.45) is 0 Å². The van der Waals surface area contributed by atoms with Crippen LogP contribution in [0, 0.1) is 11.6 Å². The predicted molar refractivity (Wildman–Crippen MR) is 62.3 cm³/mol. The van der Waals surface area contributed by atoms with Crippen LogP contribution in [0.3, 0.4) is 0 Å². The second-order valence-electron chi connectivity index (χ2n) is 3.64. The molecule has 0 bridgehead atoms. The second kappa shape index (κ2) is 4.95. The Morgan fingerprint density at radius 3 is 2.88 bits per heavy atom. The number of anilines is 1. The van der Waals surface area contributed by atoms with E-state index < -0.39 is 11.6 Å². The van der Waals surface area contributed by atoms with Crippen LogP contribution in [0.25, 0.3) is 5.69 Å². The fourth-order valence-corrected chi connectivity index (χ4v) is 1.54. The Balaban J connectivity index is 2.35. The maximum atomic E-state index is 13.6.